The van der Waals surface area contributed by atoms with E-state index in [9.17, 15) is 0 Å². The number of hydrogen-bond acceptors (Lipinski definition) is 2. The van der Waals surface area contributed by atoms with Crippen LogP contribution in [0.1, 0.15) is 25.8 Å². The second-order valence-corrected chi connectivity index (χ2v) is 6.52. The Morgan fingerprint density at radius 2 is 1.45 bits per heavy atom. The number of rotatable bonds is 0. The third-order valence-electron chi connectivity index (χ3n) is 5.19. The molecule has 2 aliphatic heterocycles. The van der Waals surface area contributed by atoms with Crippen LogP contribution in [0.2, 0.25) is 0 Å². The number of hydrogen-bond donors (Lipinski definition) is 0. The van der Waals surface area contributed by atoms with Gasteiger partial charge in [-0.15, -0.1) is 0 Å². The van der Waals surface area contributed by atoms with E-state index in [4.69, 9.17) is 0 Å². The molecule has 2 aromatic carbocycles. The lowest BCUT2D eigenvalue weighted by Crippen LogP contribution is -2.39. The highest BCUT2D eigenvalue weighted by molar-refractivity contribution is 5.84. The molecule has 0 N–H and O–H groups in total. The van der Waals surface area contributed by atoms with Crippen molar-refractivity contribution in [3.8, 4) is 0 Å². The number of fused-ring (bicyclic) bond motifs is 5. The maximum Gasteiger partial charge on any atom is 0.110 e. The molecule has 0 aromatic heterocycles. The summed E-state index contributed by atoms with van der Waals surface area (Å²) in [5.74, 6) is 0. The molecule has 112 valence electrons. The Morgan fingerprint density at radius 3 is 2.23 bits per heavy atom. The molecule has 0 spiro atoms. The minimum Gasteiger partial charge on any atom is -0.352 e. The highest BCUT2D eigenvalue weighted by atomic mass is 15.4. The number of allylic oxidation sites excluding steroid dienone is 1. The van der Waals surface area contributed by atoms with Crippen LogP contribution in [0.3, 0.4) is 0 Å². The summed E-state index contributed by atoms with van der Waals surface area (Å²) >= 11 is 0. The first-order valence-electron chi connectivity index (χ1n) is 8.01. The van der Waals surface area contributed by atoms with Crippen molar-refractivity contribution in [1.29, 1.82) is 0 Å². The molecule has 2 aromatic rings. The van der Waals surface area contributed by atoms with E-state index < -0.39 is 0 Å². The lowest BCUT2D eigenvalue weighted by molar-refractivity contribution is 0.648. The molecule has 1 atom stereocenters. The molecule has 2 heterocycles. The zero-order valence-electron chi connectivity index (χ0n) is 13.5. The highest BCUT2D eigenvalue weighted by Crippen LogP contribution is 2.47. The number of anilines is 3. The van der Waals surface area contributed by atoms with E-state index in [2.05, 4.69) is 79.2 Å². The molecule has 0 saturated carbocycles. The van der Waals surface area contributed by atoms with Gasteiger partial charge in [0, 0.05) is 19.2 Å². The van der Waals surface area contributed by atoms with Crippen molar-refractivity contribution in [1.82, 2.24) is 0 Å². The zero-order valence-corrected chi connectivity index (χ0v) is 13.5. The lowest BCUT2D eigenvalue weighted by atomic mass is 9.95. The van der Waals surface area contributed by atoms with Crippen LogP contribution in [0.5, 0.6) is 0 Å². The molecule has 0 bridgehead atoms. The van der Waals surface area contributed by atoms with E-state index in [1.807, 2.05) is 0 Å². The maximum absolute atomic E-state index is 2.53. The quantitative estimate of drug-likeness (QED) is 0.638. The van der Waals surface area contributed by atoms with Crippen LogP contribution in [-0.4, -0.2) is 13.2 Å². The predicted octanol–water partition coefficient (Wildman–Crippen LogP) is 4.88. The van der Waals surface area contributed by atoms with Crippen molar-refractivity contribution in [3.63, 3.8) is 0 Å². The Morgan fingerprint density at radius 1 is 0.818 bits per heavy atom. The van der Waals surface area contributed by atoms with Gasteiger partial charge in [-0.2, -0.15) is 0 Å². The Kier molecular flexibility index (Phi) is 3.00. The minimum absolute atomic E-state index is 0.369. The molecular formula is C20H22N2. The van der Waals surface area contributed by atoms with Gasteiger partial charge < -0.3 is 9.80 Å². The van der Waals surface area contributed by atoms with Gasteiger partial charge in [0.2, 0.25) is 0 Å². The van der Waals surface area contributed by atoms with E-state index in [0.717, 1.165) is 12.8 Å². The summed E-state index contributed by atoms with van der Waals surface area (Å²) in [4.78, 5) is 4.95. The maximum atomic E-state index is 2.53. The fourth-order valence-electron chi connectivity index (χ4n) is 3.76. The summed E-state index contributed by atoms with van der Waals surface area (Å²) in [6.45, 7) is 4.57. The van der Waals surface area contributed by atoms with E-state index in [-0.39, 0.29) is 0 Å². The first-order chi connectivity index (χ1) is 10.7. The molecule has 2 heteroatoms. The van der Waals surface area contributed by atoms with Crippen LogP contribution in [0.15, 0.2) is 59.7 Å². The fraction of sp³-hybridized carbons (Fsp3) is 0.300. The van der Waals surface area contributed by atoms with Crippen LogP contribution in [0.4, 0.5) is 17.1 Å². The van der Waals surface area contributed by atoms with Gasteiger partial charge in [-0.25, -0.2) is 0 Å². The minimum atomic E-state index is 0.369. The summed E-state index contributed by atoms with van der Waals surface area (Å²) in [5, 5.41) is 0. The predicted molar refractivity (Wildman–Crippen MR) is 93.9 cm³/mol. The topological polar surface area (TPSA) is 6.48 Å². The average molecular weight is 290 g/mol. The van der Waals surface area contributed by atoms with Gasteiger partial charge >= 0.3 is 0 Å². The first-order valence-corrected chi connectivity index (χ1v) is 8.01. The monoisotopic (exact) mass is 290 g/mol. The van der Waals surface area contributed by atoms with E-state index in [1.165, 1.54) is 33.8 Å². The van der Waals surface area contributed by atoms with Gasteiger partial charge in [0.25, 0.3) is 0 Å². The third-order valence-corrected chi connectivity index (χ3v) is 5.19. The van der Waals surface area contributed by atoms with Crippen LogP contribution in [0, 0.1) is 0 Å². The first kappa shape index (κ1) is 13.4. The molecule has 1 unspecified atom stereocenters. The Balaban J connectivity index is 1.96. The van der Waals surface area contributed by atoms with Gasteiger partial charge in [0.05, 0.1) is 11.4 Å². The van der Waals surface area contributed by atoms with Gasteiger partial charge in [0.15, 0.2) is 0 Å². The lowest BCUT2D eigenvalue weighted by Gasteiger charge is -2.35. The van der Waals surface area contributed by atoms with Gasteiger partial charge in [-0.05, 0) is 44.0 Å². The Hall–Kier alpha value is -2.22. The number of para-hydroxylation sites is 3. The fourth-order valence-corrected chi connectivity index (χ4v) is 3.76. The van der Waals surface area contributed by atoms with Crippen LogP contribution >= 0.6 is 0 Å². The molecule has 2 aliphatic rings. The Labute approximate surface area is 132 Å². The smallest absolute Gasteiger partial charge is 0.110 e. The van der Waals surface area contributed by atoms with E-state index in [0.29, 0.717) is 6.17 Å². The van der Waals surface area contributed by atoms with E-state index >= 15 is 0 Å². The zero-order chi connectivity index (χ0) is 15.3. The number of nitrogens with zero attached hydrogens (tertiary/aromatic N) is 2. The summed E-state index contributed by atoms with van der Waals surface area (Å²) in [5.41, 5.74) is 8.47. The van der Waals surface area contributed by atoms with Crippen molar-refractivity contribution in [2.45, 2.75) is 32.9 Å². The number of benzene rings is 2. The molecule has 0 saturated heterocycles. The molecule has 0 radical (unpaired) electrons. The van der Waals surface area contributed by atoms with Gasteiger partial charge in [0.1, 0.15) is 6.17 Å². The van der Waals surface area contributed by atoms with Crippen molar-refractivity contribution < 1.29 is 0 Å². The SMILES string of the molecule is C/C1=C(\C)CC2N(C)c3ccccc3N2c2ccccc2C1. The summed E-state index contributed by atoms with van der Waals surface area (Å²) in [7, 11) is 2.22. The van der Waals surface area contributed by atoms with Crippen LogP contribution in [-0.2, 0) is 6.42 Å². The normalized spacial score (nSPS) is 23.5. The van der Waals surface area contributed by atoms with Crippen molar-refractivity contribution in [2.24, 2.45) is 0 Å². The summed E-state index contributed by atoms with van der Waals surface area (Å²) < 4.78 is 0. The van der Waals surface area contributed by atoms with Crippen LogP contribution in [0.25, 0.3) is 0 Å². The van der Waals surface area contributed by atoms with Gasteiger partial charge in [-0.1, -0.05) is 41.5 Å². The summed E-state index contributed by atoms with van der Waals surface area (Å²) in [6.07, 6.45) is 2.51. The van der Waals surface area contributed by atoms with Gasteiger partial charge in [-0.3, -0.25) is 0 Å². The van der Waals surface area contributed by atoms with E-state index in [1.54, 1.807) is 0 Å². The summed E-state index contributed by atoms with van der Waals surface area (Å²) in [6, 6.07) is 17.6. The molecule has 2 nitrogen and oxygen atoms in total. The third kappa shape index (κ3) is 1.87. The molecule has 4 rings (SSSR count). The molecule has 0 aliphatic carbocycles. The van der Waals surface area contributed by atoms with Crippen molar-refractivity contribution >= 4 is 17.1 Å². The average Bonchev–Trinajstić information content (AvgIpc) is 2.80. The largest absolute Gasteiger partial charge is 0.352 e. The standard InChI is InChI=1S/C20H22N2/c1-14-12-16-8-4-5-9-17(16)22-19-11-7-6-10-18(19)21(3)20(22)13-15(14)2/h4-11,20H,12-13H2,1-3H3/b15-14-. The molecule has 0 fully saturated rings. The molecule has 0 amide bonds. The highest BCUT2D eigenvalue weighted by Gasteiger charge is 2.36. The second kappa shape index (κ2) is 4.91. The second-order valence-electron chi connectivity index (χ2n) is 6.52. The van der Waals surface area contributed by atoms with Crippen molar-refractivity contribution in [2.75, 3.05) is 16.8 Å². The Bertz CT molecular complexity index is 760. The molecular weight excluding hydrogens is 268 g/mol. The van der Waals surface area contributed by atoms with Crippen molar-refractivity contribution in [3.05, 3.63) is 65.2 Å². The molecule has 22 heavy (non-hydrogen) atoms. The van der Waals surface area contributed by atoms with Crippen LogP contribution < -0.4 is 9.80 Å².